The van der Waals surface area contributed by atoms with E-state index < -0.39 is 0 Å². The fourth-order valence-electron chi connectivity index (χ4n) is 3.28. The van der Waals surface area contributed by atoms with Gasteiger partial charge in [-0.1, -0.05) is 12.1 Å². The normalized spacial score (nSPS) is 10.8. The van der Waals surface area contributed by atoms with Gasteiger partial charge >= 0.3 is 0 Å². The van der Waals surface area contributed by atoms with Gasteiger partial charge in [0.1, 0.15) is 5.82 Å². The Morgan fingerprint density at radius 1 is 1.07 bits per heavy atom. The van der Waals surface area contributed by atoms with Crippen molar-refractivity contribution in [1.29, 1.82) is 0 Å². The summed E-state index contributed by atoms with van der Waals surface area (Å²) >= 11 is 1.48. The number of hydrogen-bond donors (Lipinski definition) is 2. The Labute approximate surface area is 178 Å². The van der Waals surface area contributed by atoms with E-state index >= 15 is 0 Å². The largest absolute Gasteiger partial charge is 0.352 e. The molecule has 0 atom stereocenters. The van der Waals surface area contributed by atoms with Crippen molar-refractivity contribution in [3.8, 4) is 11.4 Å². The predicted octanol–water partition coefficient (Wildman–Crippen LogP) is 4.45. The Morgan fingerprint density at radius 3 is 2.60 bits per heavy atom. The van der Waals surface area contributed by atoms with Crippen LogP contribution in [0.15, 0.2) is 65.4 Å². The second kappa shape index (κ2) is 8.92. The Morgan fingerprint density at radius 2 is 1.87 bits per heavy atom. The first-order valence-corrected chi connectivity index (χ1v) is 10.7. The number of para-hydroxylation sites is 2. The minimum Gasteiger partial charge on any atom is -0.352 e. The van der Waals surface area contributed by atoms with Crippen LogP contribution in [0.3, 0.4) is 0 Å². The molecule has 0 bridgehead atoms. The van der Waals surface area contributed by atoms with Crippen LogP contribution in [0.5, 0.6) is 0 Å². The lowest BCUT2D eigenvalue weighted by molar-refractivity contribution is -0.116. The van der Waals surface area contributed by atoms with Gasteiger partial charge in [-0.25, -0.2) is 4.98 Å². The number of aryl methyl sites for hydroxylation is 1. The third-order valence-corrected chi connectivity index (χ3v) is 5.55. The van der Waals surface area contributed by atoms with Crippen LogP contribution in [0.1, 0.15) is 23.2 Å². The number of thiophene rings is 1. The van der Waals surface area contributed by atoms with Crippen molar-refractivity contribution in [1.82, 2.24) is 14.9 Å². The molecular weight excluding hydrogens is 396 g/mol. The molecule has 2 aromatic carbocycles. The molecule has 6 nitrogen and oxygen atoms in total. The molecule has 30 heavy (non-hydrogen) atoms. The number of hydrogen-bond acceptors (Lipinski definition) is 4. The third kappa shape index (κ3) is 4.41. The Balaban J connectivity index is 1.29. The van der Waals surface area contributed by atoms with Gasteiger partial charge in [-0.15, -0.1) is 0 Å². The Bertz CT molecular complexity index is 1160. The Kier molecular flexibility index (Phi) is 5.90. The molecule has 0 aliphatic rings. The maximum absolute atomic E-state index is 12.2. The van der Waals surface area contributed by atoms with Crippen molar-refractivity contribution in [2.75, 3.05) is 11.9 Å². The van der Waals surface area contributed by atoms with E-state index in [9.17, 15) is 9.59 Å². The number of nitrogens with zero attached hydrogens (tertiary/aromatic N) is 2. The number of nitrogens with one attached hydrogen (secondary N) is 2. The third-order valence-electron chi connectivity index (χ3n) is 4.86. The van der Waals surface area contributed by atoms with Crippen LogP contribution in [0, 0.1) is 0 Å². The second-order valence-corrected chi connectivity index (χ2v) is 7.76. The van der Waals surface area contributed by atoms with Crippen molar-refractivity contribution in [2.45, 2.75) is 12.8 Å². The average Bonchev–Trinajstić information content (AvgIpc) is 3.41. The number of carbonyl (C=O) groups is 2. The van der Waals surface area contributed by atoms with Gasteiger partial charge < -0.3 is 15.2 Å². The molecule has 2 amide bonds. The molecule has 0 unspecified atom stereocenters. The van der Waals surface area contributed by atoms with Gasteiger partial charge in [-0.2, -0.15) is 11.3 Å². The molecule has 0 saturated carbocycles. The molecule has 2 aromatic heterocycles. The quantitative estimate of drug-likeness (QED) is 0.435. The van der Waals surface area contributed by atoms with E-state index in [1.807, 2.05) is 61.0 Å². The summed E-state index contributed by atoms with van der Waals surface area (Å²) in [7, 11) is 2.00. The van der Waals surface area contributed by atoms with E-state index in [-0.39, 0.29) is 11.8 Å². The van der Waals surface area contributed by atoms with Crippen molar-refractivity contribution < 1.29 is 9.59 Å². The molecule has 4 aromatic rings. The van der Waals surface area contributed by atoms with Crippen LogP contribution in [0.2, 0.25) is 0 Å². The summed E-state index contributed by atoms with van der Waals surface area (Å²) in [6.45, 7) is 0.466. The number of imidazole rings is 1. The van der Waals surface area contributed by atoms with Crippen molar-refractivity contribution in [3.05, 3.63) is 70.9 Å². The van der Waals surface area contributed by atoms with E-state index in [2.05, 4.69) is 15.2 Å². The number of fused-ring (bicyclic) bond motifs is 1. The first-order chi connectivity index (χ1) is 14.6. The highest BCUT2D eigenvalue weighted by Gasteiger charge is 2.10. The lowest BCUT2D eigenvalue weighted by atomic mass is 10.2. The fraction of sp³-hybridized carbons (Fsp3) is 0.174. The zero-order chi connectivity index (χ0) is 20.9. The number of anilines is 1. The molecule has 152 valence electrons. The molecule has 0 radical (unpaired) electrons. The maximum atomic E-state index is 12.2. The molecule has 2 heterocycles. The number of amides is 2. The van der Waals surface area contributed by atoms with Crippen LogP contribution in [-0.4, -0.2) is 27.9 Å². The molecule has 7 heteroatoms. The molecule has 0 aliphatic heterocycles. The molecule has 0 aliphatic carbocycles. The maximum Gasteiger partial charge on any atom is 0.252 e. The van der Waals surface area contributed by atoms with Crippen molar-refractivity contribution in [3.63, 3.8) is 0 Å². The topological polar surface area (TPSA) is 76.0 Å². The number of aromatic nitrogens is 2. The highest BCUT2D eigenvalue weighted by molar-refractivity contribution is 7.08. The first kappa shape index (κ1) is 19.8. The van der Waals surface area contributed by atoms with Crippen LogP contribution in [-0.2, 0) is 11.8 Å². The monoisotopic (exact) mass is 418 g/mol. The van der Waals surface area contributed by atoms with Crippen LogP contribution >= 0.6 is 11.3 Å². The molecular formula is C23H22N4O2S. The first-order valence-electron chi connectivity index (χ1n) is 9.74. The van der Waals surface area contributed by atoms with E-state index in [0.717, 1.165) is 28.1 Å². The zero-order valence-corrected chi connectivity index (χ0v) is 17.4. The summed E-state index contributed by atoms with van der Waals surface area (Å²) in [4.78, 5) is 28.7. The summed E-state index contributed by atoms with van der Waals surface area (Å²) in [5.74, 6) is 0.708. The van der Waals surface area contributed by atoms with Gasteiger partial charge in [0.15, 0.2) is 0 Å². The average molecular weight is 419 g/mol. The summed E-state index contributed by atoms with van der Waals surface area (Å²) in [6.07, 6.45) is 0.927. The summed E-state index contributed by atoms with van der Waals surface area (Å²) in [5.41, 5.74) is 4.42. The van der Waals surface area contributed by atoms with Crippen LogP contribution in [0.25, 0.3) is 22.4 Å². The standard InChI is InChI=1S/C23H22N4O2S/c1-27-20-6-3-2-5-19(20)26-22(27)16-8-10-18(11-9-16)25-21(28)7-4-13-24-23(29)17-12-14-30-15-17/h2-3,5-6,8-12,14-15H,4,7,13H2,1H3,(H,24,29)(H,25,28). The van der Waals surface area contributed by atoms with Gasteiger partial charge in [0.2, 0.25) is 5.91 Å². The van der Waals surface area contributed by atoms with Gasteiger partial charge in [-0.3, -0.25) is 9.59 Å². The molecule has 2 N–H and O–H groups in total. The van der Waals surface area contributed by atoms with Crippen LogP contribution in [0.4, 0.5) is 5.69 Å². The van der Waals surface area contributed by atoms with E-state index in [0.29, 0.717) is 24.9 Å². The second-order valence-electron chi connectivity index (χ2n) is 6.98. The highest BCUT2D eigenvalue weighted by Crippen LogP contribution is 2.24. The Hall–Kier alpha value is -3.45. The molecule has 0 fully saturated rings. The minimum atomic E-state index is -0.103. The summed E-state index contributed by atoms with van der Waals surface area (Å²) in [5, 5.41) is 9.39. The fourth-order valence-corrected chi connectivity index (χ4v) is 3.91. The van der Waals surface area contributed by atoms with E-state index in [4.69, 9.17) is 4.98 Å². The molecule has 0 saturated heterocycles. The zero-order valence-electron chi connectivity index (χ0n) is 16.6. The van der Waals surface area contributed by atoms with Gasteiger partial charge in [-0.05, 0) is 54.3 Å². The summed E-state index contributed by atoms with van der Waals surface area (Å²) < 4.78 is 2.06. The lowest BCUT2D eigenvalue weighted by Crippen LogP contribution is -2.25. The predicted molar refractivity (Wildman–Crippen MR) is 121 cm³/mol. The minimum absolute atomic E-state index is 0.0738. The van der Waals surface area contributed by atoms with Gasteiger partial charge in [0.05, 0.1) is 11.0 Å². The summed E-state index contributed by atoms with van der Waals surface area (Å²) in [6, 6.07) is 17.5. The SMILES string of the molecule is Cn1c(-c2ccc(NC(=O)CCCNC(=O)c3ccsc3)cc2)nc2ccccc21. The van der Waals surface area contributed by atoms with Crippen LogP contribution < -0.4 is 10.6 Å². The number of benzene rings is 2. The van der Waals surface area contributed by atoms with Gasteiger partial charge in [0.25, 0.3) is 5.91 Å². The van der Waals surface area contributed by atoms with E-state index in [1.54, 1.807) is 11.4 Å². The lowest BCUT2D eigenvalue weighted by Gasteiger charge is -2.08. The number of carbonyl (C=O) groups excluding carboxylic acids is 2. The van der Waals surface area contributed by atoms with Gasteiger partial charge in [0, 0.05) is 42.2 Å². The van der Waals surface area contributed by atoms with Crippen molar-refractivity contribution in [2.24, 2.45) is 7.05 Å². The molecule has 4 rings (SSSR count). The number of rotatable bonds is 7. The van der Waals surface area contributed by atoms with Crippen molar-refractivity contribution >= 4 is 39.9 Å². The molecule has 0 spiro atoms. The van der Waals surface area contributed by atoms with E-state index in [1.165, 1.54) is 11.3 Å². The highest BCUT2D eigenvalue weighted by atomic mass is 32.1. The smallest absolute Gasteiger partial charge is 0.252 e.